The Labute approximate surface area is 118 Å². The minimum Gasteiger partial charge on any atom is -0.349 e. The fourth-order valence-electron chi connectivity index (χ4n) is 2.27. The Kier molecular flexibility index (Phi) is 3.41. The molecule has 5 nitrogen and oxygen atoms in total. The Bertz CT molecular complexity index is 662. The Morgan fingerprint density at radius 3 is 2.95 bits per heavy atom. The highest BCUT2D eigenvalue weighted by Gasteiger charge is 2.06. The number of aromatic nitrogens is 4. The van der Waals surface area contributed by atoms with E-state index >= 15 is 0 Å². The molecule has 3 aromatic rings. The van der Waals surface area contributed by atoms with Crippen molar-refractivity contribution in [1.82, 2.24) is 19.5 Å². The van der Waals surface area contributed by atoms with E-state index in [1.165, 1.54) is 0 Å². The molecule has 0 aliphatic rings. The fraction of sp³-hybridized carbons (Fsp3) is 0.333. The number of anilines is 1. The monoisotopic (exact) mass is 269 g/mol. The van der Waals surface area contributed by atoms with Crippen molar-refractivity contribution in [3.05, 3.63) is 42.5 Å². The molecular weight excluding hydrogens is 250 g/mol. The Balaban J connectivity index is 1.71. The predicted octanol–water partition coefficient (Wildman–Crippen LogP) is 3.03. The zero-order valence-electron chi connectivity index (χ0n) is 11.8. The molecule has 0 unspecified atom stereocenters. The Hall–Kier alpha value is -2.30. The quantitative estimate of drug-likeness (QED) is 0.748. The van der Waals surface area contributed by atoms with Gasteiger partial charge in [0, 0.05) is 18.9 Å². The third-order valence-electron chi connectivity index (χ3n) is 3.17. The van der Waals surface area contributed by atoms with Crippen LogP contribution in [-0.2, 0) is 13.1 Å². The minimum absolute atomic E-state index is 0.606. The number of benzene rings is 1. The number of rotatable bonds is 5. The van der Waals surface area contributed by atoms with Crippen LogP contribution in [0.15, 0.2) is 36.7 Å². The number of hydrogen-bond acceptors (Lipinski definition) is 3. The van der Waals surface area contributed by atoms with Crippen LogP contribution >= 0.6 is 0 Å². The highest BCUT2D eigenvalue weighted by Crippen LogP contribution is 2.14. The molecule has 0 saturated heterocycles. The van der Waals surface area contributed by atoms with Gasteiger partial charge in [-0.05, 0) is 18.1 Å². The third kappa shape index (κ3) is 2.66. The van der Waals surface area contributed by atoms with Gasteiger partial charge in [0.05, 0.1) is 17.6 Å². The Morgan fingerprint density at radius 2 is 2.15 bits per heavy atom. The van der Waals surface area contributed by atoms with E-state index < -0.39 is 0 Å². The van der Waals surface area contributed by atoms with Gasteiger partial charge in [0.2, 0.25) is 5.95 Å². The molecule has 0 saturated carbocycles. The summed E-state index contributed by atoms with van der Waals surface area (Å²) in [5, 5.41) is 3.30. The average Bonchev–Trinajstić information content (AvgIpc) is 3.01. The van der Waals surface area contributed by atoms with Crippen molar-refractivity contribution in [2.75, 3.05) is 5.32 Å². The van der Waals surface area contributed by atoms with Gasteiger partial charge in [-0.25, -0.2) is 9.97 Å². The largest absolute Gasteiger partial charge is 0.349 e. The van der Waals surface area contributed by atoms with E-state index in [0.717, 1.165) is 29.4 Å². The highest BCUT2D eigenvalue weighted by molar-refractivity contribution is 5.77. The van der Waals surface area contributed by atoms with Gasteiger partial charge >= 0.3 is 0 Å². The van der Waals surface area contributed by atoms with Crippen LogP contribution in [0.5, 0.6) is 0 Å². The average molecular weight is 269 g/mol. The van der Waals surface area contributed by atoms with Crippen molar-refractivity contribution in [2.24, 2.45) is 5.92 Å². The van der Waals surface area contributed by atoms with Crippen molar-refractivity contribution in [3.8, 4) is 0 Å². The lowest BCUT2D eigenvalue weighted by Gasteiger charge is -2.10. The van der Waals surface area contributed by atoms with E-state index in [-0.39, 0.29) is 0 Å². The molecule has 3 rings (SSSR count). The molecule has 2 aromatic heterocycles. The molecule has 20 heavy (non-hydrogen) atoms. The topological polar surface area (TPSA) is 58.5 Å². The maximum absolute atomic E-state index is 4.50. The molecule has 0 radical (unpaired) electrons. The van der Waals surface area contributed by atoms with Crippen molar-refractivity contribution >= 4 is 17.0 Å². The van der Waals surface area contributed by atoms with E-state index in [9.17, 15) is 0 Å². The summed E-state index contributed by atoms with van der Waals surface area (Å²) in [5.74, 6) is 2.42. The second-order valence-corrected chi connectivity index (χ2v) is 5.35. The molecule has 2 heterocycles. The van der Waals surface area contributed by atoms with Crippen molar-refractivity contribution in [3.63, 3.8) is 0 Å². The molecule has 0 bridgehead atoms. The SMILES string of the molecule is CC(C)Cn1ccnc1CNc1nc2ccccc2[nH]1. The lowest BCUT2D eigenvalue weighted by molar-refractivity contribution is 0.509. The molecule has 0 atom stereocenters. The molecule has 0 aliphatic carbocycles. The van der Waals surface area contributed by atoms with Gasteiger partial charge in [-0.3, -0.25) is 0 Å². The maximum atomic E-state index is 4.50. The smallest absolute Gasteiger partial charge is 0.201 e. The summed E-state index contributed by atoms with van der Waals surface area (Å²) in [6, 6.07) is 8.01. The molecule has 0 fully saturated rings. The van der Waals surface area contributed by atoms with Crippen LogP contribution in [0.1, 0.15) is 19.7 Å². The normalized spacial score (nSPS) is 11.3. The van der Waals surface area contributed by atoms with E-state index in [1.54, 1.807) is 0 Å². The number of nitrogens with one attached hydrogen (secondary N) is 2. The lowest BCUT2D eigenvalue weighted by atomic mass is 10.2. The molecule has 2 N–H and O–H groups in total. The summed E-state index contributed by atoms with van der Waals surface area (Å²) >= 11 is 0. The van der Waals surface area contributed by atoms with Crippen LogP contribution in [0, 0.1) is 5.92 Å². The van der Waals surface area contributed by atoms with Gasteiger partial charge in [0.25, 0.3) is 0 Å². The minimum atomic E-state index is 0.606. The first-order chi connectivity index (χ1) is 9.72. The van der Waals surface area contributed by atoms with Gasteiger partial charge in [0.1, 0.15) is 5.82 Å². The first kappa shape index (κ1) is 12.7. The van der Waals surface area contributed by atoms with E-state index in [2.05, 4.69) is 38.7 Å². The fourth-order valence-corrected chi connectivity index (χ4v) is 2.27. The number of H-pyrrole nitrogens is 1. The number of aromatic amines is 1. The van der Waals surface area contributed by atoms with Gasteiger partial charge < -0.3 is 14.9 Å². The second kappa shape index (κ2) is 5.36. The van der Waals surface area contributed by atoms with Crippen LogP contribution in [0.4, 0.5) is 5.95 Å². The first-order valence-corrected chi connectivity index (χ1v) is 6.91. The molecule has 104 valence electrons. The van der Waals surface area contributed by atoms with E-state index in [0.29, 0.717) is 12.5 Å². The lowest BCUT2D eigenvalue weighted by Crippen LogP contribution is -2.11. The van der Waals surface area contributed by atoms with Crippen LogP contribution in [0.25, 0.3) is 11.0 Å². The molecule has 0 spiro atoms. The van der Waals surface area contributed by atoms with Crippen LogP contribution in [-0.4, -0.2) is 19.5 Å². The van der Waals surface area contributed by atoms with Crippen LogP contribution < -0.4 is 5.32 Å². The van der Waals surface area contributed by atoms with Gasteiger partial charge in [0.15, 0.2) is 0 Å². The number of nitrogens with zero attached hydrogens (tertiary/aromatic N) is 3. The second-order valence-electron chi connectivity index (χ2n) is 5.35. The van der Waals surface area contributed by atoms with E-state index in [1.807, 2.05) is 36.7 Å². The van der Waals surface area contributed by atoms with Gasteiger partial charge in [-0.15, -0.1) is 0 Å². The summed E-state index contributed by atoms with van der Waals surface area (Å²) in [6.45, 7) is 6.06. The van der Waals surface area contributed by atoms with Crippen molar-refractivity contribution < 1.29 is 0 Å². The van der Waals surface area contributed by atoms with Crippen LogP contribution in [0.3, 0.4) is 0 Å². The molecular formula is C15H19N5. The predicted molar refractivity (Wildman–Crippen MR) is 80.5 cm³/mol. The number of imidazole rings is 2. The standard InChI is InChI=1S/C15H19N5/c1-11(2)10-20-8-7-16-14(20)9-17-15-18-12-5-3-4-6-13(12)19-15/h3-8,11H,9-10H2,1-2H3,(H2,17,18,19). The summed E-state index contributed by atoms with van der Waals surface area (Å²) in [7, 11) is 0. The van der Waals surface area contributed by atoms with Crippen LogP contribution in [0.2, 0.25) is 0 Å². The van der Waals surface area contributed by atoms with Crippen molar-refractivity contribution in [1.29, 1.82) is 0 Å². The summed E-state index contributed by atoms with van der Waals surface area (Å²) in [6.07, 6.45) is 3.87. The molecule has 0 aliphatic heterocycles. The van der Waals surface area contributed by atoms with E-state index in [4.69, 9.17) is 0 Å². The summed E-state index contributed by atoms with van der Waals surface area (Å²) in [5.41, 5.74) is 2.01. The molecule has 1 aromatic carbocycles. The van der Waals surface area contributed by atoms with Gasteiger partial charge in [-0.1, -0.05) is 26.0 Å². The summed E-state index contributed by atoms with van der Waals surface area (Å²) < 4.78 is 2.18. The summed E-state index contributed by atoms with van der Waals surface area (Å²) in [4.78, 5) is 12.2. The number of para-hydroxylation sites is 2. The molecule has 5 heteroatoms. The van der Waals surface area contributed by atoms with Crippen molar-refractivity contribution in [2.45, 2.75) is 26.9 Å². The Morgan fingerprint density at radius 1 is 1.30 bits per heavy atom. The van der Waals surface area contributed by atoms with Gasteiger partial charge in [-0.2, -0.15) is 0 Å². The number of fused-ring (bicyclic) bond motifs is 1. The zero-order chi connectivity index (χ0) is 13.9. The zero-order valence-corrected chi connectivity index (χ0v) is 11.8. The molecule has 0 amide bonds. The number of hydrogen-bond donors (Lipinski definition) is 2. The first-order valence-electron chi connectivity index (χ1n) is 6.91. The maximum Gasteiger partial charge on any atom is 0.201 e. The highest BCUT2D eigenvalue weighted by atomic mass is 15.2. The third-order valence-corrected chi connectivity index (χ3v) is 3.17.